The van der Waals surface area contributed by atoms with Gasteiger partial charge in [-0.1, -0.05) is 12.1 Å². The van der Waals surface area contributed by atoms with Crippen LogP contribution in [0.1, 0.15) is 58.9 Å². The fourth-order valence-electron chi connectivity index (χ4n) is 3.58. The minimum absolute atomic E-state index is 0.0524. The summed E-state index contributed by atoms with van der Waals surface area (Å²) >= 11 is 0. The van der Waals surface area contributed by atoms with Crippen LogP contribution in [-0.4, -0.2) is 48.8 Å². The first-order valence-corrected chi connectivity index (χ1v) is 9.33. The molecule has 1 amide bonds. The molecule has 8 nitrogen and oxygen atoms in total. The molecule has 3 aromatic heterocycles. The molecule has 0 spiro atoms. The molecule has 1 aliphatic rings. The summed E-state index contributed by atoms with van der Waals surface area (Å²) in [4.78, 5) is 18.4. The second kappa shape index (κ2) is 7.12. The van der Waals surface area contributed by atoms with E-state index in [1.54, 1.807) is 24.8 Å². The Kier molecular flexibility index (Phi) is 4.75. The number of carbonyl (C=O) groups is 1. The van der Waals surface area contributed by atoms with Crippen molar-refractivity contribution in [1.29, 1.82) is 0 Å². The predicted molar refractivity (Wildman–Crippen MR) is 94.3 cm³/mol. The quantitative estimate of drug-likeness (QED) is 0.662. The molecule has 0 N–H and O–H groups in total. The third-order valence-corrected chi connectivity index (χ3v) is 5.21. The smallest absolute Gasteiger partial charge is 0.337 e. The molecular formula is C18H19F3N6O2. The van der Waals surface area contributed by atoms with Gasteiger partial charge in [0.1, 0.15) is 11.4 Å². The largest absolute Gasteiger partial charge is 0.433 e. The first-order valence-electron chi connectivity index (χ1n) is 9.33. The Labute approximate surface area is 163 Å². The molecule has 1 aliphatic heterocycles. The molecule has 0 radical (unpaired) electrons. The van der Waals surface area contributed by atoms with Gasteiger partial charge in [0.2, 0.25) is 0 Å². The second-order valence-electron chi connectivity index (χ2n) is 7.09. The van der Waals surface area contributed by atoms with E-state index in [2.05, 4.69) is 25.0 Å². The number of fused-ring (bicyclic) bond motifs is 1. The Bertz CT molecular complexity index is 1050. The number of alkyl halides is 3. The van der Waals surface area contributed by atoms with E-state index in [-0.39, 0.29) is 23.2 Å². The van der Waals surface area contributed by atoms with Gasteiger partial charge >= 0.3 is 6.18 Å². The fraction of sp³-hybridized carbons (Fsp3) is 0.500. The molecule has 0 aliphatic carbocycles. The molecule has 4 heterocycles. The van der Waals surface area contributed by atoms with Crippen LogP contribution < -0.4 is 0 Å². The minimum Gasteiger partial charge on any atom is -0.337 e. The number of nitrogens with zero attached hydrogens (tertiary/aromatic N) is 6. The number of aryl methyl sites for hydroxylation is 2. The molecule has 4 rings (SSSR count). The van der Waals surface area contributed by atoms with E-state index in [1.165, 1.54) is 0 Å². The van der Waals surface area contributed by atoms with Gasteiger partial charge in [0.05, 0.1) is 5.69 Å². The topological polar surface area (TPSA) is 89.4 Å². The third kappa shape index (κ3) is 3.56. The lowest BCUT2D eigenvalue weighted by Gasteiger charge is -2.30. The van der Waals surface area contributed by atoms with Gasteiger partial charge in [0.25, 0.3) is 5.91 Å². The summed E-state index contributed by atoms with van der Waals surface area (Å²) in [5.74, 6) is -0.311. The van der Waals surface area contributed by atoms with Gasteiger partial charge in [-0.3, -0.25) is 4.79 Å². The number of rotatable bonds is 3. The highest BCUT2D eigenvalue weighted by Gasteiger charge is 2.36. The fourth-order valence-corrected chi connectivity index (χ4v) is 3.58. The van der Waals surface area contributed by atoms with Crippen LogP contribution in [0.25, 0.3) is 5.65 Å². The molecule has 3 aromatic rings. The van der Waals surface area contributed by atoms with E-state index in [9.17, 15) is 18.0 Å². The SMILES string of the molecule is CCc1cc(C(F)(F)F)n2nc(C3CCN(C(=O)c4nonc4C)CC3)cc2n1. The number of amides is 1. The summed E-state index contributed by atoms with van der Waals surface area (Å²) in [6, 6.07) is 2.65. The van der Waals surface area contributed by atoms with E-state index in [0.29, 0.717) is 49.4 Å². The highest BCUT2D eigenvalue weighted by Crippen LogP contribution is 2.33. The van der Waals surface area contributed by atoms with Gasteiger partial charge in [-0.15, -0.1) is 0 Å². The Morgan fingerprint density at radius 2 is 1.97 bits per heavy atom. The number of hydrogen-bond donors (Lipinski definition) is 0. The van der Waals surface area contributed by atoms with Crippen molar-refractivity contribution in [2.24, 2.45) is 0 Å². The summed E-state index contributed by atoms with van der Waals surface area (Å²) in [6.07, 6.45) is -2.95. The lowest BCUT2D eigenvalue weighted by molar-refractivity contribution is -0.142. The van der Waals surface area contributed by atoms with Crippen molar-refractivity contribution < 1.29 is 22.6 Å². The van der Waals surface area contributed by atoms with E-state index in [0.717, 1.165) is 10.6 Å². The van der Waals surface area contributed by atoms with Crippen molar-refractivity contribution in [3.8, 4) is 0 Å². The maximum absolute atomic E-state index is 13.4. The van der Waals surface area contributed by atoms with Gasteiger partial charge in [0.15, 0.2) is 11.3 Å². The second-order valence-corrected chi connectivity index (χ2v) is 7.09. The van der Waals surface area contributed by atoms with Crippen LogP contribution in [0.15, 0.2) is 16.8 Å². The number of aromatic nitrogens is 5. The number of carbonyl (C=O) groups excluding carboxylic acids is 1. The standard InChI is InChI=1S/C18H19F3N6O2/c1-3-12-8-14(18(19,20)21)27-15(22-12)9-13(23-27)11-4-6-26(7-5-11)17(28)16-10(2)24-29-25-16/h8-9,11H,3-7H2,1-2H3. The molecule has 154 valence electrons. The maximum Gasteiger partial charge on any atom is 0.433 e. The number of likely N-dealkylation sites (tertiary alicyclic amines) is 1. The van der Waals surface area contributed by atoms with Crippen molar-refractivity contribution in [1.82, 2.24) is 29.8 Å². The molecule has 0 saturated carbocycles. The lowest BCUT2D eigenvalue weighted by Crippen LogP contribution is -2.38. The van der Waals surface area contributed by atoms with Crippen molar-refractivity contribution in [2.75, 3.05) is 13.1 Å². The van der Waals surface area contributed by atoms with E-state index >= 15 is 0 Å². The lowest BCUT2D eigenvalue weighted by atomic mass is 9.93. The van der Waals surface area contributed by atoms with Crippen LogP contribution in [0.5, 0.6) is 0 Å². The molecular weight excluding hydrogens is 389 g/mol. The van der Waals surface area contributed by atoms with Gasteiger partial charge in [-0.2, -0.15) is 18.3 Å². The number of piperidine rings is 1. The summed E-state index contributed by atoms with van der Waals surface area (Å²) in [5.41, 5.74) is 0.898. The molecule has 0 unspecified atom stereocenters. The molecule has 0 bridgehead atoms. The first-order chi connectivity index (χ1) is 13.8. The number of halogens is 3. The molecule has 1 saturated heterocycles. The normalized spacial score (nSPS) is 16.0. The van der Waals surface area contributed by atoms with E-state index in [1.807, 2.05) is 0 Å². The van der Waals surface area contributed by atoms with Crippen LogP contribution in [-0.2, 0) is 12.6 Å². The highest BCUT2D eigenvalue weighted by molar-refractivity contribution is 5.93. The van der Waals surface area contributed by atoms with E-state index in [4.69, 9.17) is 0 Å². The maximum atomic E-state index is 13.4. The Morgan fingerprint density at radius 3 is 2.55 bits per heavy atom. The monoisotopic (exact) mass is 408 g/mol. The number of hydrogen-bond acceptors (Lipinski definition) is 6. The zero-order chi connectivity index (χ0) is 20.8. The molecule has 11 heteroatoms. The molecule has 29 heavy (non-hydrogen) atoms. The Morgan fingerprint density at radius 1 is 1.24 bits per heavy atom. The van der Waals surface area contributed by atoms with Gasteiger partial charge < -0.3 is 4.90 Å². The van der Waals surface area contributed by atoms with Crippen LogP contribution in [0.3, 0.4) is 0 Å². The van der Waals surface area contributed by atoms with Gasteiger partial charge in [-0.05, 0) is 37.4 Å². The summed E-state index contributed by atoms with van der Waals surface area (Å²) in [6.45, 7) is 4.30. The zero-order valence-electron chi connectivity index (χ0n) is 15.9. The van der Waals surface area contributed by atoms with Crippen LogP contribution in [0.2, 0.25) is 0 Å². The zero-order valence-corrected chi connectivity index (χ0v) is 15.9. The van der Waals surface area contributed by atoms with Crippen molar-refractivity contribution in [3.05, 3.63) is 40.6 Å². The summed E-state index contributed by atoms with van der Waals surface area (Å²) in [7, 11) is 0. The van der Waals surface area contributed by atoms with Crippen molar-refractivity contribution >= 4 is 11.6 Å². The van der Waals surface area contributed by atoms with E-state index < -0.39 is 11.9 Å². The molecule has 0 atom stereocenters. The van der Waals surface area contributed by atoms with Crippen LogP contribution in [0.4, 0.5) is 13.2 Å². The van der Waals surface area contributed by atoms with Gasteiger partial charge in [-0.25, -0.2) is 14.1 Å². The van der Waals surface area contributed by atoms with Gasteiger partial charge in [0, 0.05) is 30.8 Å². The molecule has 1 fully saturated rings. The Balaban J connectivity index is 1.56. The van der Waals surface area contributed by atoms with Crippen molar-refractivity contribution in [3.63, 3.8) is 0 Å². The van der Waals surface area contributed by atoms with Crippen LogP contribution >= 0.6 is 0 Å². The first kappa shape index (κ1) is 19.3. The highest BCUT2D eigenvalue weighted by atomic mass is 19.4. The summed E-state index contributed by atoms with van der Waals surface area (Å²) in [5, 5.41) is 11.5. The average molecular weight is 408 g/mol. The van der Waals surface area contributed by atoms with Crippen LogP contribution in [0, 0.1) is 6.92 Å². The molecule has 0 aromatic carbocycles. The van der Waals surface area contributed by atoms with Crippen molar-refractivity contribution in [2.45, 2.75) is 45.2 Å². The summed E-state index contributed by atoms with van der Waals surface area (Å²) < 4.78 is 45.8. The average Bonchev–Trinajstić information content (AvgIpc) is 3.31. The minimum atomic E-state index is -4.52. The third-order valence-electron chi connectivity index (χ3n) is 5.21. The Hall–Kier alpha value is -2.98. The predicted octanol–water partition coefficient (Wildman–Crippen LogP) is 3.02.